The van der Waals surface area contributed by atoms with Crippen molar-refractivity contribution < 1.29 is 81.7 Å². The summed E-state index contributed by atoms with van der Waals surface area (Å²) in [5.74, 6) is 18.6. The monoisotopic (exact) mass is 1410 g/mol. The van der Waals surface area contributed by atoms with Crippen LogP contribution in [0.2, 0.25) is 0 Å². The molecule has 7 aromatic carbocycles. The smallest absolute Gasteiger partial charge is 0.277 e. The standard InChI is InChI=1S/C12H16N2O3.C12H15NO3.C12H12NO2P.C11H15NO5.C8H8N2O.C7H7NO3.C3H8O.C2H5ClO.ClH/c1-15-6-7-16-9-17-11-3-2-10-4-5-14(13)12(10)8-11;1-14-6-7-15-9-16-11-3-2-10-4-5-13-12(10)8-11;13-15-16(14,11-7-3-1-4-8-11)12-9-5-2-6-10-12;1-9-3-4-10(7-11(9)12(13)14)17-8-16-6-5-15-2;9-10-4-3-6-1-2-7(11)5-8(6)10;1-5-2-3-6(9)4-7(5)8(10)11;1-3(2)4;1-4-2-3;/h2-5,8H,6-7,9,13H2,1H3;2-5,8,13H,6-7,9H2,1H3;1-10H,13H2;3-4,7H,5-6,8H2,1-2H3;1-5,11H,9H2;2-4,9H,1H3;3-4H,1-2H3;2H2,1H3;1H. The largest absolute Gasteiger partial charge is 0.508 e. The SMILES string of the molecule is CC(C)O.COCCOCOc1ccc(C)c([N+](=O)[O-])c1.COCCOCOc1ccc2cc[nH]c2c1.COCCOCOc1ccc2ccn(N)c2c1.COCCl.Cc1ccc(O)cc1[N+](=O)[O-].Cl.NOP(=O)(c1ccccc1)c1ccccc1.Nn1ccc2ccc(O)cc21. The van der Waals surface area contributed by atoms with Crippen LogP contribution >= 0.6 is 31.4 Å². The Balaban J connectivity index is 0.000000388. The van der Waals surface area contributed by atoms with Gasteiger partial charge in [0.25, 0.3) is 18.7 Å². The average molecular weight is 1410 g/mol. The maximum atomic E-state index is 12.6. The molecule has 27 nitrogen and oxygen atoms in total. The second-order valence-corrected chi connectivity index (χ2v) is 22.4. The first-order valence-corrected chi connectivity index (χ1v) is 31.4. The average Bonchev–Trinajstić information content (AvgIpc) is 1.51. The number of nitro benzene ring substituents is 2. The zero-order chi connectivity index (χ0) is 70.7. The number of phenols is 2. The molecule has 0 radical (unpaired) electrons. The number of aromatic amines is 1. The lowest BCUT2D eigenvalue weighted by Gasteiger charge is -2.15. The number of nitro groups is 2. The maximum absolute atomic E-state index is 12.6. The van der Waals surface area contributed by atoms with E-state index in [0.29, 0.717) is 73.2 Å². The number of fused-ring (bicyclic) bond motifs is 3. The van der Waals surface area contributed by atoms with Gasteiger partial charge in [0.2, 0.25) is 0 Å². The van der Waals surface area contributed by atoms with Crippen LogP contribution in [0.15, 0.2) is 188 Å². The third-order valence-electron chi connectivity index (χ3n) is 12.4. The van der Waals surface area contributed by atoms with E-state index in [0.717, 1.165) is 44.9 Å². The zero-order valence-electron chi connectivity index (χ0n) is 55.2. The Morgan fingerprint density at radius 1 is 0.536 bits per heavy atom. The number of aromatic hydroxyl groups is 2. The Morgan fingerprint density at radius 2 is 0.918 bits per heavy atom. The van der Waals surface area contributed by atoms with Crippen LogP contribution in [-0.4, -0.2) is 140 Å². The summed E-state index contributed by atoms with van der Waals surface area (Å²) in [6.07, 6.45) is 5.30. The van der Waals surface area contributed by atoms with Gasteiger partial charge in [-0.05, 0) is 136 Å². The van der Waals surface area contributed by atoms with Crippen LogP contribution in [0.5, 0.6) is 28.7 Å². The Hall–Kier alpha value is -9.03. The molecule has 0 amide bonds. The van der Waals surface area contributed by atoms with Gasteiger partial charge in [-0.3, -0.25) is 34.1 Å². The fraction of sp³-hybridized carbons (Fsp3) is 0.284. The zero-order valence-corrected chi connectivity index (χ0v) is 57.6. The number of ether oxygens (including phenoxy) is 10. The van der Waals surface area contributed by atoms with Gasteiger partial charge in [0, 0.05) is 109 Å². The quantitative estimate of drug-likeness (QED) is 0.00562. The van der Waals surface area contributed by atoms with Crippen molar-refractivity contribution in [1.82, 2.24) is 14.3 Å². The highest BCUT2D eigenvalue weighted by molar-refractivity contribution is 7.74. The molecular weight excluding hydrogens is 1320 g/mol. The predicted octanol–water partition coefficient (Wildman–Crippen LogP) is 11.5. The van der Waals surface area contributed by atoms with Gasteiger partial charge in [-0.15, -0.1) is 12.4 Å². The summed E-state index contributed by atoms with van der Waals surface area (Å²) in [4.78, 5) is 23.1. The minimum absolute atomic E-state index is 0. The summed E-state index contributed by atoms with van der Waals surface area (Å²) >= 11 is 4.96. The molecule has 0 spiro atoms. The minimum Gasteiger partial charge on any atom is -0.508 e. The normalized spacial score (nSPS) is 10.3. The lowest BCUT2D eigenvalue weighted by Crippen LogP contribution is -2.20. The molecule has 0 saturated carbocycles. The number of nitrogens with two attached hydrogens (primary N) is 3. The van der Waals surface area contributed by atoms with E-state index in [4.69, 9.17) is 91.8 Å². The molecule has 0 saturated heterocycles. The molecule has 10 N–H and O–H groups in total. The molecule has 30 heteroatoms. The van der Waals surface area contributed by atoms with Crippen LogP contribution in [-0.2, 0) is 42.3 Å². The van der Waals surface area contributed by atoms with Crippen LogP contribution in [0.3, 0.4) is 0 Å². The highest BCUT2D eigenvalue weighted by atomic mass is 35.5. The molecule has 97 heavy (non-hydrogen) atoms. The molecule has 10 aromatic rings. The number of H-pyrrole nitrogens is 1. The van der Waals surface area contributed by atoms with Gasteiger partial charge in [0.05, 0.1) is 72.7 Å². The maximum Gasteiger partial charge on any atom is 0.277 e. The number of hydrogen-bond acceptors (Lipinski definition) is 22. The number of alkyl halides is 1. The second kappa shape index (κ2) is 47.8. The van der Waals surface area contributed by atoms with Crippen molar-refractivity contribution in [2.75, 3.05) is 106 Å². The van der Waals surface area contributed by atoms with Gasteiger partial charge in [-0.1, -0.05) is 48.0 Å². The van der Waals surface area contributed by atoms with E-state index in [2.05, 4.69) is 9.72 Å². The van der Waals surface area contributed by atoms with Crippen molar-refractivity contribution in [1.29, 1.82) is 0 Å². The number of benzene rings is 7. The lowest BCUT2D eigenvalue weighted by molar-refractivity contribution is -0.385. The number of nitrogen functional groups attached to an aromatic ring is 2. The number of nitrogens with zero attached hydrogens (tertiary/aromatic N) is 4. The summed E-state index contributed by atoms with van der Waals surface area (Å²) in [5, 5.41) is 51.5. The third kappa shape index (κ3) is 31.6. The Bertz CT molecular complexity index is 3800. The molecule has 3 aromatic heterocycles. The Labute approximate surface area is 574 Å². The van der Waals surface area contributed by atoms with E-state index >= 15 is 0 Å². The van der Waals surface area contributed by atoms with Crippen LogP contribution in [0.1, 0.15) is 25.0 Å². The van der Waals surface area contributed by atoms with Crippen molar-refractivity contribution in [3.05, 3.63) is 220 Å². The summed E-state index contributed by atoms with van der Waals surface area (Å²) < 4.78 is 70.9. The van der Waals surface area contributed by atoms with Gasteiger partial charge < -0.3 is 79.4 Å². The van der Waals surface area contributed by atoms with E-state index in [1.165, 1.54) is 28.3 Å². The Morgan fingerprint density at radius 3 is 1.35 bits per heavy atom. The molecule has 0 aliphatic carbocycles. The van der Waals surface area contributed by atoms with Crippen LogP contribution < -0.4 is 42.4 Å². The summed E-state index contributed by atoms with van der Waals surface area (Å²) in [6, 6.07) is 49.6. The number of phenolic OH excluding ortho intramolecular Hbond substituents is 2. The van der Waals surface area contributed by atoms with Gasteiger partial charge in [-0.25, -0.2) is 10.5 Å². The number of aliphatic hydroxyl groups excluding tert-OH is 1. The molecule has 0 fully saturated rings. The Kier molecular flexibility index (Phi) is 41.4. The molecule has 0 aliphatic heterocycles. The van der Waals surface area contributed by atoms with Crippen molar-refractivity contribution >= 4 is 86.1 Å². The number of methoxy groups -OCH3 is 4. The number of halogens is 2. The number of aliphatic hydroxyl groups is 1. The molecule has 528 valence electrons. The van der Waals surface area contributed by atoms with E-state index < -0.39 is 17.2 Å². The van der Waals surface area contributed by atoms with E-state index in [-0.39, 0.29) is 61.8 Å². The summed E-state index contributed by atoms with van der Waals surface area (Å²) in [7, 11) is 3.27. The molecular formula is C67H87Cl2N8O19P. The fourth-order valence-corrected chi connectivity index (χ4v) is 9.27. The molecule has 0 aliphatic rings. The summed E-state index contributed by atoms with van der Waals surface area (Å²) in [6.45, 7) is 10.4. The molecule has 0 atom stereocenters. The van der Waals surface area contributed by atoms with E-state index in [9.17, 15) is 24.8 Å². The first-order valence-electron chi connectivity index (χ1n) is 29.2. The highest BCUT2D eigenvalue weighted by Gasteiger charge is 2.27. The number of aryl methyl sites for hydroxylation is 2. The van der Waals surface area contributed by atoms with Crippen LogP contribution in [0.25, 0.3) is 32.7 Å². The highest BCUT2D eigenvalue weighted by Crippen LogP contribution is 2.42. The second-order valence-electron chi connectivity index (χ2n) is 19.9. The van der Waals surface area contributed by atoms with Gasteiger partial charge in [-0.2, -0.15) is 0 Å². The van der Waals surface area contributed by atoms with E-state index in [1.54, 1.807) is 116 Å². The van der Waals surface area contributed by atoms with Gasteiger partial charge in [0.15, 0.2) is 20.4 Å². The van der Waals surface area contributed by atoms with Gasteiger partial charge >= 0.3 is 0 Å². The predicted molar refractivity (Wildman–Crippen MR) is 379 cm³/mol. The lowest BCUT2D eigenvalue weighted by atomic mass is 10.2. The van der Waals surface area contributed by atoms with Gasteiger partial charge in [0.1, 0.15) is 34.8 Å². The molecule has 10 rings (SSSR count). The van der Waals surface area contributed by atoms with Crippen molar-refractivity contribution in [3.8, 4) is 28.7 Å². The van der Waals surface area contributed by atoms with Crippen LogP contribution in [0, 0.1) is 34.1 Å². The topological polar surface area (TPSA) is 369 Å². The third-order valence-corrected chi connectivity index (χ3v) is 14.8. The van der Waals surface area contributed by atoms with E-state index in [1.807, 2.05) is 109 Å². The van der Waals surface area contributed by atoms with Crippen molar-refractivity contribution in [3.63, 3.8) is 0 Å². The minimum atomic E-state index is -3.13. The fourth-order valence-electron chi connectivity index (χ4n) is 7.60. The summed E-state index contributed by atoms with van der Waals surface area (Å²) in [5.41, 5.74) is 3.97. The van der Waals surface area contributed by atoms with Crippen molar-refractivity contribution in [2.45, 2.75) is 33.8 Å². The molecule has 0 unspecified atom stereocenters. The van der Waals surface area contributed by atoms with Crippen LogP contribution in [0.4, 0.5) is 11.4 Å². The number of rotatable bonds is 24. The van der Waals surface area contributed by atoms with Crippen molar-refractivity contribution in [2.24, 2.45) is 5.90 Å². The number of aromatic nitrogens is 3. The number of nitrogens with one attached hydrogen (secondary N) is 1. The molecule has 0 bridgehead atoms. The number of hydrogen-bond donors (Lipinski definition) is 7. The first kappa shape index (κ1) is 84.1. The first-order chi connectivity index (χ1) is 46.2. The molecule has 3 heterocycles.